The third-order valence-corrected chi connectivity index (χ3v) is 5.71. The maximum atomic E-state index is 12.3. The second kappa shape index (κ2) is 7.29. The van der Waals surface area contributed by atoms with Crippen molar-refractivity contribution in [1.29, 1.82) is 0 Å². The van der Waals surface area contributed by atoms with Gasteiger partial charge in [0.2, 0.25) is 0 Å². The van der Waals surface area contributed by atoms with Crippen LogP contribution < -0.4 is 10.1 Å². The fourth-order valence-corrected chi connectivity index (χ4v) is 4.27. The molecule has 0 spiro atoms. The summed E-state index contributed by atoms with van der Waals surface area (Å²) in [5.74, 6) is 1.29. The predicted molar refractivity (Wildman–Crippen MR) is 107 cm³/mol. The summed E-state index contributed by atoms with van der Waals surface area (Å²) in [6.07, 6.45) is 0.599. The van der Waals surface area contributed by atoms with E-state index in [-0.39, 0.29) is 12.0 Å². The van der Waals surface area contributed by atoms with Crippen molar-refractivity contribution in [2.75, 3.05) is 6.54 Å². The number of carbonyl (C=O) groups excluding carboxylic acids is 1. The SMILES string of the molecule is Cc1cc(C)nc(-c2cccc3c2O[C@H](CNC(=O)c2sccc2Cl)C3)n1. The van der Waals surface area contributed by atoms with Crippen LogP contribution in [-0.2, 0) is 6.42 Å². The molecule has 7 heteroatoms. The van der Waals surface area contributed by atoms with E-state index < -0.39 is 0 Å². The minimum absolute atomic E-state index is 0.130. The molecule has 2 aromatic heterocycles. The molecule has 0 unspecified atom stereocenters. The number of carbonyl (C=O) groups is 1. The van der Waals surface area contributed by atoms with Gasteiger partial charge in [0.05, 0.1) is 17.1 Å². The first-order chi connectivity index (χ1) is 13.0. The highest BCUT2D eigenvalue weighted by Crippen LogP contribution is 2.37. The lowest BCUT2D eigenvalue weighted by Crippen LogP contribution is -2.34. The van der Waals surface area contributed by atoms with Gasteiger partial charge in [-0.3, -0.25) is 4.79 Å². The average molecular weight is 400 g/mol. The molecule has 1 N–H and O–H groups in total. The topological polar surface area (TPSA) is 64.1 Å². The van der Waals surface area contributed by atoms with E-state index in [9.17, 15) is 4.79 Å². The molecule has 0 saturated carbocycles. The zero-order valence-electron chi connectivity index (χ0n) is 15.0. The lowest BCUT2D eigenvalue weighted by Gasteiger charge is -2.13. The van der Waals surface area contributed by atoms with Gasteiger partial charge in [0.25, 0.3) is 5.91 Å². The number of benzene rings is 1. The quantitative estimate of drug-likeness (QED) is 0.713. The number of halogens is 1. The Labute approximate surface area is 166 Å². The first-order valence-corrected chi connectivity index (χ1v) is 9.89. The summed E-state index contributed by atoms with van der Waals surface area (Å²) in [6, 6.07) is 9.67. The smallest absolute Gasteiger partial charge is 0.263 e. The largest absolute Gasteiger partial charge is 0.487 e. The van der Waals surface area contributed by atoms with E-state index in [1.165, 1.54) is 11.3 Å². The van der Waals surface area contributed by atoms with Crippen molar-refractivity contribution in [3.05, 3.63) is 62.6 Å². The summed E-state index contributed by atoms with van der Waals surface area (Å²) < 4.78 is 6.15. The van der Waals surface area contributed by atoms with E-state index >= 15 is 0 Å². The molecule has 0 saturated heterocycles. The van der Waals surface area contributed by atoms with Crippen molar-refractivity contribution in [3.8, 4) is 17.1 Å². The van der Waals surface area contributed by atoms with Gasteiger partial charge in [-0.25, -0.2) is 9.97 Å². The van der Waals surface area contributed by atoms with E-state index in [1.54, 1.807) is 11.4 Å². The minimum atomic E-state index is -0.174. The molecule has 3 heterocycles. The van der Waals surface area contributed by atoms with Crippen molar-refractivity contribution in [2.45, 2.75) is 26.4 Å². The van der Waals surface area contributed by atoms with E-state index in [0.717, 1.165) is 34.7 Å². The van der Waals surface area contributed by atoms with Gasteiger partial charge in [0.1, 0.15) is 16.7 Å². The van der Waals surface area contributed by atoms with Crippen molar-refractivity contribution in [2.24, 2.45) is 0 Å². The zero-order valence-corrected chi connectivity index (χ0v) is 16.5. The Kier molecular flexibility index (Phi) is 4.85. The van der Waals surface area contributed by atoms with Gasteiger partial charge >= 0.3 is 0 Å². The molecule has 1 aliphatic rings. The third-order valence-electron chi connectivity index (χ3n) is 4.37. The van der Waals surface area contributed by atoms with Crippen LogP contribution in [0.1, 0.15) is 26.6 Å². The van der Waals surface area contributed by atoms with Crippen molar-refractivity contribution in [3.63, 3.8) is 0 Å². The summed E-state index contributed by atoms with van der Waals surface area (Å²) in [5, 5.41) is 5.19. The van der Waals surface area contributed by atoms with Crippen LogP contribution in [0.4, 0.5) is 0 Å². The van der Waals surface area contributed by atoms with Gasteiger partial charge in [-0.2, -0.15) is 0 Å². The Morgan fingerprint density at radius 1 is 1.30 bits per heavy atom. The lowest BCUT2D eigenvalue weighted by atomic mass is 10.1. The molecule has 1 aromatic carbocycles. The van der Waals surface area contributed by atoms with E-state index in [0.29, 0.717) is 22.3 Å². The number of hydrogen-bond donors (Lipinski definition) is 1. The lowest BCUT2D eigenvalue weighted by molar-refractivity contribution is 0.0938. The molecule has 0 aliphatic carbocycles. The number of aryl methyl sites for hydroxylation is 2. The number of nitrogens with zero attached hydrogens (tertiary/aromatic N) is 2. The van der Waals surface area contributed by atoms with Crippen molar-refractivity contribution < 1.29 is 9.53 Å². The Morgan fingerprint density at radius 3 is 2.78 bits per heavy atom. The molecule has 1 aliphatic heterocycles. The molecule has 0 bridgehead atoms. The number of rotatable bonds is 4. The number of nitrogens with one attached hydrogen (secondary N) is 1. The Morgan fingerprint density at radius 2 is 2.07 bits per heavy atom. The minimum Gasteiger partial charge on any atom is -0.487 e. The van der Waals surface area contributed by atoms with Crippen molar-refractivity contribution >= 4 is 28.8 Å². The van der Waals surface area contributed by atoms with Crippen LogP contribution in [0.25, 0.3) is 11.4 Å². The standard InChI is InChI=1S/C20H18ClN3O2S/c1-11-8-12(2)24-19(23-11)15-5-3-4-13-9-14(26-17(13)15)10-22-20(25)18-16(21)6-7-27-18/h3-8,14H,9-10H2,1-2H3,(H,22,25)/t14-/m0/s1. The number of aromatic nitrogens is 2. The van der Waals surface area contributed by atoms with Crippen LogP contribution in [0.5, 0.6) is 5.75 Å². The highest BCUT2D eigenvalue weighted by atomic mass is 35.5. The molecule has 27 heavy (non-hydrogen) atoms. The summed E-state index contributed by atoms with van der Waals surface area (Å²) in [6.45, 7) is 4.32. The average Bonchev–Trinajstić information content (AvgIpc) is 3.24. The summed E-state index contributed by atoms with van der Waals surface area (Å²) in [4.78, 5) is 21.9. The normalized spacial score (nSPS) is 15.3. The summed E-state index contributed by atoms with van der Waals surface area (Å²) >= 11 is 7.35. The highest BCUT2D eigenvalue weighted by Gasteiger charge is 2.27. The monoisotopic (exact) mass is 399 g/mol. The first-order valence-electron chi connectivity index (χ1n) is 8.63. The van der Waals surface area contributed by atoms with E-state index in [2.05, 4.69) is 15.3 Å². The van der Waals surface area contributed by atoms with E-state index in [1.807, 2.05) is 38.1 Å². The van der Waals surface area contributed by atoms with Gasteiger partial charge < -0.3 is 10.1 Å². The maximum absolute atomic E-state index is 12.3. The van der Waals surface area contributed by atoms with Crippen LogP contribution in [0, 0.1) is 13.8 Å². The number of para-hydroxylation sites is 1. The van der Waals surface area contributed by atoms with Gasteiger partial charge in [-0.1, -0.05) is 23.7 Å². The molecular weight excluding hydrogens is 382 g/mol. The molecule has 138 valence electrons. The summed E-state index contributed by atoms with van der Waals surface area (Å²) in [7, 11) is 0. The second-order valence-corrected chi connectivity index (χ2v) is 7.84. The molecule has 4 rings (SSSR count). The van der Waals surface area contributed by atoms with Crippen LogP contribution in [0.2, 0.25) is 5.02 Å². The second-order valence-electron chi connectivity index (χ2n) is 6.52. The number of thiophene rings is 1. The first kappa shape index (κ1) is 17.9. The predicted octanol–water partition coefficient (Wildman–Crippen LogP) is 4.21. The number of amides is 1. The molecule has 3 aromatic rings. The zero-order chi connectivity index (χ0) is 19.0. The van der Waals surface area contributed by atoms with Crippen LogP contribution in [0.3, 0.4) is 0 Å². The molecular formula is C20H18ClN3O2S. The molecule has 0 radical (unpaired) electrons. The van der Waals surface area contributed by atoms with Gasteiger partial charge in [-0.05, 0) is 43.0 Å². The maximum Gasteiger partial charge on any atom is 0.263 e. The number of hydrogen-bond acceptors (Lipinski definition) is 5. The van der Waals surface area contributed by atoms with Crippen LogP contribution in [-0.4, -0.2) is 28.5 Å². The van der Waals surface area contributed by atoms with Gasteiger partial charge in [0, 0.05) is 17.8 Å². The van der Waals surface area contributed by atoms with E-state index in [4.69, 9.17) is 16.3 Å². The molecule has 5 nitrogen and oxygen atoms in total. The molecule has 1 amide bonds. The Hall–Kier alpha value is -2.44. The fourth-order valence-electron chi connectivity index (χ4n) is 3.22. The molecule has 1 atom stereocenters. The van der Waals surface area contributed by atoms with Crippen LogP contribution in [0.15, 0.2) is 35.7 Å². The Bertz CT molecular complexity index is 998. The van der Waals surface area contributed by atoms with Crippen molar-refractivity contribution in [1.82, 2.24) is 15.3 Å². The van der Waals surface area contributed by atoms with Crippen LogP contribution >= 0.6 is 22.9 Å². The van der Waals surface area contributed by atoms with Gasteiger partial charge in [-0.15, -0.1) is 11.3 Å². The highest BCUT2D eigenvalue weighted by molar-refractivity contribution is 7.12. The van der Waals surface area contributed by atoms with Gasteiger partial charge in [0.15, 0.2) is 5.82 Å². The number of fused-ring (bicyclic) bond motifs is 1. The Balaban J connectivity index is 1.50. The molecule has 0 fully saturated rings. The summed E-state index contributed by atoms with van der Waals surface area (Å²) in [5.41, 5.74) is 3.83. The fraction of sp³-hybridized carbons (Fsp3) is 0.250. The third kappa shape index (κ3) is 3.68. The number of ether oxygens (including phenoxy) is 1.